The monoisotopic (exact) mass is 445 g/mol. The van der Waals surface area contributed by atoms with Gasteiger partial charge in [-0.25, -0.2) is 13.6 Å². The quantitative estimate of drug-likeness (QED) is 0.714. The van der Waals surface area contributed by atoms with Crippen molar-refractivity contribution >= 4 is 11.9 Å². The van der Waals surface area contributed by atoms with Crippen LogP contribution in [0.5, 0.6) is 5.75 Å². The number of aliphatic carboxylic acids is 1. The molecule has 32 heavy (non-hydrogen) atoms. The summed E-state index contributed by atoms with van der Waals surface area (Å²) in [6, 6.07) is 2.01. The minimum atomic E-state index is -1.05. The number of hydrogen-bond donors (Lipinski definition) is 1. The molecule has 1 N–H and O–H groups in total. The number of rotatable bonds is 5. The fourth-order valence-electron chi connectivity index (χ4n) is 7.19. The van der Waals surface area contributed by atoms with E-state index in [0.717, 1.165) is 31.2 Å². The highest BCUT2D eigenvalue weighted by atomic mass is 19.1. The lowest BCUT2D eigenvalue weighted by Gasteiger charge is -2.56. The molecule has 0 radical (unpaired) electrons. The molecule has 1 heterocycles. The number of nitrogens with zero attached hydrogens (tertiary/aromatic N) is 1. The molecule has 5 saturated carbocycles. The largest absolute Gasteiger partial charge is 0.489 e. The molecule has 1 aliphatic heterocycles. The standard InChI is InChI=1S/C25H29F2NO4/c26-19-9-21(32-22-15-6-13-7-16(22)12-25(27,10-13)11-15)17(14-3-4-14)8-18(19)23(29)28-5-1-2-20(28)24(30)31/h8-9,13-16,20,22H,1-7,10-12H2,(H,30,31)/t13?,15?,16?,20-,22?,25?/m0/s1. The second-order valence-corrected chi connectivity index (χ2v) is 10.8. The summed E-state index contributed by atoms with van der Waals surface area (Å²) in [5.41, 5.74) is -0.280. The third-order valence-corrected chi connectivity index (χ3v) is 8.52. The number of halogens is 2. The maximum absolute atomic E-state index is 15.2. The number of likely N-dealkylation sites (tertiary alicyclic amines) is 1. The van der Waals surface area contributed by atoms with Crippen LogP contribution in [0.2, 0.25) is 0 Å². The maximum Gasteiger partial charge on any atom is 0.326 e. The van der Waals surface area contributed by atoms with Crippen LogP contribution >= 0.6 is 0 Å². The number of carboxylic acid groups (broad SMARTS) is 1. The molecule has 5 aliphatic carbocycles. The minimum Gasteiger partial charge on any atom is -0.489 e. The number of carbonyl (C=O) groups is 2. The lowest BCUT2D eigenvalue weighted by atomic mass is 9.53. The Kier molecular flexibility index (Phi) is 4.57. The highest BCUT2D eigenvalue weighted by molar-refractivity contribution is 5.97. The van der Waals surface area contributed by atoms with Gasteiger partial charge in [0.05, 0.1) is 5.56 Å². The van der Waals surface area contributed by atoms with Gasteiger partial charge >= 0.3 is 5.97 Å². The lowest BCUT2D eigenvalue weighted by Crippen LogP contribution is -2.56. The van der Waals surface area contributed by atoms with E-state index < -0.39 is 29.4 Å². The van der Waals surface area contributed by atoms with Gasteiger partial charge in [0.25, 0.3) is 5.91 Å². The smallest absolute Gasteiger partial charge is 0.326 e. The number of amides is 1. The molecule has 6 aliphatic rings. The molecule has 7 heteroatoms. The molecular weight excluding hydrogens is 416 g/mol. The van der Waals surface area contributed by atoms with Crippen LogP contribution in [0.15, 0.2) is 12.1 Å². The summed E-state index contributed by atoms with van der Waals surface area (Å²) in [4.78, 5) is 25.8. The Bertz CT molecular complexity index is 961. The Morgan fingerprint density at radius 1 is 1.09 bits per heavy atom. The summed E-state index contributed by atoms with van der Waals surface area (Å²) < 4.78 is 36.7. The zero-order chi connectivity index (χ0) is 22.2. The summed E-state index contributed by atoms with van der Waals surface area (Å²) in [5, 5.41) is 9.41. The molecule has 172 valence electrons. The first-order valence-corrected chi connectivity index (χ1v) is 12.0. The number of alkyl halides is 1. The third kappa shape index (κ3) is 3.30. The molecule has 1 amide bonds. The zero-order valence-corrected chi connectivity index (χ0v) is 18.1. The third-order valence-electron chi connectivity index (χ3n) is 8.52. The van der Waals surface area contributed by atoms with E-state index in [1.165, 1.54) is 11.0 Å². The molecule has 3 atom stereocenters. The van der Waals surface area contributed by atoms with E-state index in [9.17, 15) is 14.7 Å². The van der Waals surface area contributed by atoms with E-state index in [1.807, 2.05) is 0 Å². The molecule has 4 bridgehead atoms. The molecule has 2 unspecified atom stereocenters. The fraction of sp³-hybridized carbons (Fsp3) is 0.680. The topological polar surface area (TPSA) is 66.8 Å². The van der Waals surface area contributed by atoms with E-state index >= 15 is 8.78 Å². The molecule has 1 saturated heterocycles. The summed E-state index contributed by atoms with van der Waals surface area (Å²) >= 11 is 0. The zero-order valence-electron chi connectivity index (χ0n) is 18.1. The summed E-state index contributed by atoms with van der Waals surface area (Å²) in [5.74, 6) is -0.775. The van der Waals surface area contributed by atoms with E-state index in [2.05, 4.69) is 0 Å². The summed E-state index contributed by atoms with van der Waals surface area (Å²) in [7, 11) is 0. The molecule has 1 aromatic rings. The van der Waals surface area contributed by atoms with Gasteiger partial charge in [-0.3, -0.25) is 4.79 Å². The highest BCUT2D eigenvalue weighted by Crippen LogP contribution is 2.58. The van der Waals surface area contributed by atoms with Crippen molar-refractivity contribution in [1.29, 1.82) is 0 Å². The van der Waals surface area contributed by atoms with Gasteiger partial charge in [0.15, 0.2) is 0 Å². The van der Waals surface area contributed by atoms with Crippen LogP contribution in [-0.4, -0.2) is 46.2 Å². The Hall–Kier alpha value is -2.18. The van der Waals surface area contributed by atoms with Gasteiger partial charge in [-0.05, 0) is 93.1 Å². The molecule has 5 nitrogen and oxygen atoms in total. The SMILES string of the molecule is O=C(O)[C@@H]1CCCN1C(=O)c1cc(C2CC2)c(OC2C3CC4CC2CC(F)(C4)C3)cc1F. The van der Waals surface area contributed by atoms with Crippen LogP contribution in [0.3, 0.4) is 0 Å². The van der Waals surface area contributed by atoms with Crippen molar-refractivity contribution in [3.05, 3.63) is 29.1 Å². The van der Waals surface area contributed by atoms with Crippen LogP contribution in [0.4, 0.5) is 8.78 Å². The van der Waals surface area contributed by atoms with Gasteiger partial charge in [0.1, 0.15) is 29.4 Å². The predicted octanol–water partition coefficient (Wildman–Crippen LogP) is 4.69. The summed E-state index contributed by atoms with van der Waals surface area (Å²) in [6.45, 7) is 0.323. The van der Waals surface area contributed by atoms with Crippen molar-refractivity contribution in [1.82, 2.24) is 4.90 Å². The molecular formula is C25H29F2NO4. The lowest BCUT2D eigenvalue weighted by molar-refractivity contribution is -0.141. The second-order valence-electron chi connectivity index (χ2n) is 10.8. The van der Waals surface area contributed by atoms with Crippen molar-refractivity contribution in [2.24, 2.45) is 17.8 Å². The Morgan fingerprint density at radius 2 is 1.81 bits per heavy atom. The number of benzene rings is 1. The molecule has 1 aromatic carbocycles. The maximum atomic E-state index is 15.2. The first kappa shape index (κ1) is 20.4. The van der Waals surface area contributed by atoms with Gasteiger partial charge in [-0.2, -0.15) is 0 Å². The minimum absolute atomic E-state index is 0.0693. The van der Waals surface area contributed by atoms with Crippen LogP contribution in [0.1, 0.15) is 79.6 Å². The highest BCUT2D eigenvalue weighted by Gasteiger charge is 2.57. The van der Waals surface area contributed by atoms with Gasteiger partial charge in [0.2, 0.25) is 0 Å². The van der Waals surface area contributed by atoms with Gasteiger partial charge < -0.3 is 14.7 Å². The molecule has 6 fully saturated rings. The molecule has 0 aromatic heterocycles. The molecule has 0 spiro atoms. The average molecular weight is 446 g/mol. The van der Waals surface area contributed by atoms with Crippen molar-refractivity contribution in [2.75, 3.05) is 6.54 Å². The van der Waals surface area contributed by atoms with E-state index in [-0.39, 0.29) is 29.4 Å². The van der Waals surface area contributed by atoms with Crippen molar-refractivity contribution in [2.45, 2.75) is 81.5 Å². The number of ether oxygens (including phenoxy) is 1. The Labute approximate surface area is 186 Å². The molecule has 7 rings (SSSR count). The van der Waals surface area contributed by atoms with Crippen molar-refractivity contribution in [3.8, 4) is 5.75 Å². The van der Waals surface area contributed by atoms with Gasteiger partial charge in [0, 0.05) is 12.6 Å². The number of hydrogen-bond acceptors (Lipinski definition) is 3. The van der Waals surface area contributed by atoms with Crippen LogP contribution in [0.25, 0.3) is 0 Å². The van der Waals surface area contributed by atoms with Crippen LogP contribution in [-0.2, 0) is 4.79 Å². The van der Waals surface area contributed by atoms with Crippen molar-refractivity contribution in [3.63, 3.8) is 0 Å². The van der Waals surface area contributed by atoms with Gasteiger partial charge in [-0.15, -0.1) is 0 Å². The Morgan fingerprint density at radius 3 is 2.44 bits per heavy atom. The van der Waals surface area contributed by atoms with Crippen LogP contribution in [0, 0.1) is 23.6 Å². The summed E-state index contributed by atoms with van der Waals surface area (Å²) in [6.07, 6.45) is 6.54. The van der Waals surface area contributed by atoms with Crippen molar-refractivity contribution < 1.29 is 28.2 Å². The number of carbonyl (C=O) groups excluding carboxylic acids is 1. The van der Waals surface area contributed by atoms with Gasteiger partial charge in [-0.1, -0.05) is 0 Å². The number of carboxylic acids is 1. The Balaban J connectivity index is 1.29. The first-order valence-electron chi connectivity index (χ1n) is 12.0. The van der Waals surface area contributed by atoms with E-state index in [1.54, 1.807) is 6.07 Å². The average Bonchev–Trinajstić information content (AvgIpc) is 3.43. The van der Waals surface area contributed by atoms with Crippen LogP contribution < -0.4 is 4.74 Å². The van der Waals surface area contributed by atoms with E-state index in [4.69, 9.17) is 4.74 Å². The predicted molar refractivity (Wildman–Crippen MR) is 112 cm³/mol. The fourth-order valence-corrected chi connectivity index (χ4v) is 7.19. The normalized spacial score (nSPS) is 37.7. The van der Waals surface area contributed by atoms with E-state index in [0.29, 0.717) is 50.3 Å². The first-order chi connectivity index (χ1) is 15.3. The second kappa shape index (κ2) is 7.16.